The van der Waals surface area contributed by atoms with Crippen LogP contribution in [-0.2, 0) is 0 Å². The van der Waals surface area contributed by atoms with Crippen molar-refractivity contribution in [2.24, 2.45) is 0 Å². The second kappa shape index (κ2) is 5.37. The molecule has 88 valence electrons. The molecule has 0 amide bonds. The molecule has 0 saturated heterocycles. The Kier molecular flexibility index (Phi) is 3.62. The maximum absolute atomic E-state index is 9.41. The van der Waals surface area contributed by atoms with E-state index in [2.05, 4.69) is 5.32 Å². The minimum atomic E-state index is -0.0974. The molecule has 0 saturated carbocycles. The Balaban J connectivity index is 2.13. The number of anilines is 2. The van der Waals surface area contributed by atoms with Crippen LogP contribution < -0.4 is 11.1 Å². The molecule has 0 radical (unpaired) electrons. The van der Waals surface area contributed by atoms with Crippen molar-refractivity contribution in [3.05, 3.63) is 60.2 Å². The number of nitrogen functional groups attached to an aromatic ring is 1. The highest BCUT2D eigenvalue weighted by atomic mass is 16.3. The van der Waals surface area contributed by atoms with E-state index in [-0.39, 0.29) is 12.6 Å². The third kappa shape index (κ3) is 2.98. The number of aliphatic hydroxyl groups is 1. The molecule has 0 aliphatic rings. The summed E-state index contributed by atoms with van der Waals surface area (Å²) in [6, 6.07) is 17.2. The van der Waals surface area contributed by atoms with Crippen LogP contribution in [0.2, 0.25) is 0 Å². The summed E-state index contributed by atoms with van der Waals surface area (Å²) in [5, 5.41) is 12.7. The number of aliphatic hydroxyl groups excluding tert-OH is 1. The summed E-state index contributed by atoms with van der Waals surface area (Å²) in [5.41, 5.74) is 8.36. The van der Waals surface area contributed by atoms with Gasteiger partial charge in [0.1, 0.15) is 0 Å². The Morgan fingerprint density at radius 3 is 2.24 bits per heavy atom. The molecule has 0 spiro atoms. The number of nitrogens with two attached hydrogens (primary N) is 1. The van der Waals surface area contributed by atoms with Gasteiger partial charge < -0.3 is 16.2 Å². The van der Waals surface area contributed by atoms with Gasteiger partial charge in [-0.25, -0.2) is 0 Å². The molecule has 17 heavy (non-hydrogen) atoms. The van der Waals surface area contributed by atoms with E-state index in [0.29, 0.717) is 0 Å². The molecule has 1 unspecified atom stereocenters. The second-order valence-corrected chi connectivity index (χ2v) is 3.91. The first-order chi connectivity index (χ1) is 8.29. The highest BCUT2D eigenvalue weighted by Crippen LogP contribution is 2.19. The van der Waals surface area contributed by atoms with E-state index < -0.39 is 0 Å². The minimum Gasteiger partial charge on any atom is -0.399 e. The van der Waals surface area contributed by atoms with E-state index in [1.54, 1.807) is 0 Å². The fraction of sp³-hybridized carbons (Fsp3) is 0.143. The van der Waals surface area contributed by atoms with Gasteiger partial charge in [0.15, 0.2) is 0 Å². The molecule has 1 atom stereocenters. The summed E-state index contributed by atoms with van der Waals surface area (Å²) < 4.78 is 0. The molecule has 0 bridgehead atoms. The Bertz CT molecular complexity index is 453. The minimum absolute atomic E-state index is 0.0500. The molecule has 0 fully saturated rings. The van der Waals surface area contributed by atoms with Crippen LogP contribution >= 0.6 is 0 Å². The van der Waals surface area contributed by atoms with E-state index in [1.165, 1.54) is 0 Å². The fourth-order valence-corrected chi connectivity index (χ4v) is 1.70. The van der Waals surface area contributed by atoms with Gasteiger partial charge in [0, 0.05) is 11.4 Å². The van der Waals surface area contributed by atoms with Crippen LogP contribution in [0.3, 0.4) is 0 Å². The van der Waals surface area contributed by atoms with Gasteiger partial charge in [-0.05, 0) is 29.8 Å². The predicted octanol–water partition coefficient (Wildman–Crippen LogP) is 2.41. The van der Waals surface area contributed by atoms with E-state index >= 15 is 0 Å². The molecule has 2 aromatic carbocycles. The fourth-order valence-electron chi connectivity index (χ4n) is 1.70. The van der Waals surface area contributed by atoms with Crippen LogP contribution in [-0.4, -0.2) is 11.7 Å². The summed E-state index contributed by atoms with van der Waals surface area (Å²) in [5.74, 6) is 0. The maximum Gasteiger partial charge on any atom is 0.0745 e. The largest absolute Gasteiger partial charge is 0.399 e. The van der Waals surface area contributed by atoms with Gasteiger partial charge in [-0.15, -0.1) is 0 Å². The van der Waals surface area contributed by atoms with Crippen molar-refractivity contribution in [3.63, 3.8) is 0 Å². The maximum atomic E-state index is 9.41. The van der Waals surface area contributed by atoms with Crippen LogP contribution in [0.15, 0.2) is 54.6 Å². The lowest BCUT2D eigenvalue weighted by atomic mass is 10.1. The zero-order chi connectivity index (χ0) is 12.1. The highest BCUT2D eigenvalue weighted by molar-refractivity contribution is 5.52. The van der Waals surface area contributed by atoms with Gasteiger partial charge >= 0.3 is 0 Å². The van der Waals surface area contributed by atoms with Crippen molar-refractivity contribution < 1.29 is 5.11 Å². The summed E-state index contributed by atoms with van der Waals surface area (Å²) >= 11 is 0. The van der Waals surface area contributed by atoms with Crippen molar-refractivity contribution in [2.75, 3.05) is 17.7 Å². The van der Waals surface area contributed by atoms with Crippen LogP contribution in [0, 0.1) is 0 Å². The SMILES string of the molecule is Nc1ccc(NC(CO)c2ccccc2)cc1. The van der Waals surface area contributed by atoms with Crippen molar-refractivity contribution in [1.82, 2.24) is 0 Å². The van der Waals surface area contributed by atoms with Crippen LogP contribution in [0.5, 0.6) is 0 Å². The van der Waals surface area contributed by atoms with E-state index in [4.69, 9.17) is 5.73 Å². The Hall–Kier alpha value is -2.00. The lowest BCUT2D eigenvalue weighted by Gasteiger charge is -2.18. The topological polar surface area (TPSA) is 58.3 Å². The third-order valence-corrected chi connectivity index (χ3v) is 2.64. The molecule has 0 aliphatic carbocycles. The smallest absolute Gasteiger partial charge is 0.0745 e. The van der Waals surface area contributed by atoms with Gasteiger partial charge in [-0.3, -0.25) is 0 Å². The summed E-state index contributed by atoms with van der Waals surface area (Å²) in [6.45, 7) is 0.0500. The molecule has 4 N–H and O–H groups in total. The Morgan fingerprint density at radius 1 is 1.00 bits per heavy atom. The number of rotatable bonds is 4. The molecule has 3 heteroatoms. The molecule has 2 aromatic rings. The van der Waals surface area contributed by atoms with Crippen molar-refractivity contribution in [3.8, 4) is 0 Å². The van der Waals surface area contributed by atoms with Gasteiger partial charge in [0.2, 0.25) is 0 Å². The van der Waals surface area contributed by atoms with Crippen molar-refractivity contribution >= 4 is 11.4 Å². The average Bonchev–Trinajstić information content (AvgIpc) is 2.39. The number of hydrogen-bond donors (Lipinski definition) is 3. The third-order valence-electron chi connectivity index (χ3n) is 2.64. The van der Waals surface area contributed by atoms with E-state index in [0.717, 1.165) is 16.9 Å². The van der Waals surface area contributed by atoms with Crippen molar-refractivity contribution in [1.29, 1.82) is 0 Å². The van der Waals surface area contributed by atoms with Gasteiger partial charge in [-0.1, -0.05) is 30.3 Å². The molecule has 0 aliphatic heterocycles. The molecule has 3 nitrogen and oxygen atoms in total. The van der Waals surface area contributed by atoms with Crippen LogP contribution in [0.1, 0.15) is 11.6 Å². The molecule has 2 rings (SSSR count). The number of nitrogens with one attached hydrogen (secondary N) is 1. The second-order valence-electron chi connectivity index (χ2n) is 3.91. The van der Waals surface area contributed by atoms with Crippen LogP contribution in [0.4, 0.5) is 11.4 Å². The Morgan fingerprint density at radius 2 is 1.65 bits per heavy atom. The summed E-state index contributed by atoms with van der Waals surface area (Å²) in [4.78, 5) is 0. The monoisotopic (exact) mass is 228 g/mol. The highest BCUT2D eigenvalue weighted by Gasteiger charge is 2.08. The first-order valence-corrected chi connectivity index (χ1v) is 5.57. The number of hydrogen-bond acceptors (Lipinski definition) is 3. The molecule has 0 aromatic heterocycles. The summed E-state index contributed by atoms with van der Waals surface area (Å²) in [7, 11) is 0. The Labute approximate surface area is 101 Å². The van der Waals surface area contributed by atoms with Gasteiger partial charge in [0.05, 0.1) is 12.6 Å². The lowest BCUT2D eigenvalue weighted by molar-refractivity contribution is 0.276. The molecule has 0 heterocycles. The van der Waals surface area contributed by atoms with Crippen molar-refractivity contribution in [2.45, 2.75) is 6.04 Å². The van der Waals surface area contributed by atoms with Gasteiger partial charge in [-0.2, -0.15) is 0 Å². The lowest BCUT2D eigenvalue weighted by Crippen LogP contribution is -2.14. The van der Waals surface area contributed by atoms with Gasteiger partial charge in [0.25, 0.3) is 0 Å². The summed E-state index contributed by atoms with van der Waals surface area (Å²) in [6.07, 6.45) is 0. The van der Waals surface area contributed by atoms with Crippen LogP contribution in [0.25, 0.3) is 0 Å². The molecular formula is C14H16N2O. The standard InChI is InChI=1S/C14H16N2O/c15-12-6-8-13(9-7-12)16-14(10-17)11-4-2-1-3-5-11/h1-9,14,16-17H,10,15H2. The zero-order valence-electron chi connectivity index (χ0n) is 9.51. The quantitative estimate of drug-likeness (QED) is 0.704. The first-order valence-electron chi connectivity index (χ1n) is 5.57. The van der Waals surface area contributed by atoms with E-state index in [9.17, 15) is 5.11 Å². The zero-order valence-corrected chi connectivity index (χ0v) is 9.51. The predicted molar refractivity (Wildman–Crippen MR) is 70.7 cm³/mol. The average molecular weight is 228 g/mol. The molecular weight excluding hydrogens is 212 g/mol. The van der Waals surface area contributed by atoms with E-state index in [1.807, 2.05) is 54.6 Å². The first kappa shape index (κ1) is 11.5. The normalized spacial score (nSPS) is 12.1. The number of benzene rings is 2.